The van der Waals surface area contributed by atoms with Gasteiger partial charge in [0.15, 0.2) is 5.67 Å². The molecule has 2 rings (SSSR count). The van der Waals surface area contributed by atoms with Crippen LogP contribution < -0.4 is 5.73 Å². The van der Waals surface area contributed by atoms with Crippen LogP contribution in [0.5, 0.6) is 0 Å². The van der Waals surface area contributed by atoms with E-state index in [-0.39, 0.29) is 12.5 Å². The molecule has 1 aliphatic carbocycles. The molecule has 1 aromatic rings. The van der Waals surface area contributed by atoms with Crippen molar-refractivity contribution in [3.05, 3.63) is 35.9 Å². The predicted octanol–water partition coefficient (Wildman–Crippen LogP) is 3.78. The van der Waals surface area contributed by atoms with Gasteiger partial charge >= 0.3 is 0 Å². The molecular formula is C15H22FN. The summed E-state index contributed by atoms with van der Waals surface area (Å²) in [7, 11) is 0. The summed E-state index contributed by atoms with van der Waals surface area (Å²) in [5.74, 6) is 0.0948. The van der Waals surface area contributed by atoms with Crippen molar-refractivity contribution < 1.29 is 4.39 Å². The summed E-state index contributed by atoms with van der Waals surface area (Å²) in [4.78, 5) is 0. The van der Waals surface area contributed by atoms with E-state index >= 15 is 4.39 Å². The second-order valence-electron chi connectivity index (χ2n) is 5.12. The molecule has 0 spiro atoms. The van der Waals surface area contributed by atoms with Crippen molar-refractivity contribution in [2.24, 2.45) is 11.7 Å². The minimum absolute atomic E-state index is 0.0948. The fourth-order valence-electron chi connectivity index (χ4n) is 2.97. The van der Waals surface area contributed by atoms with Crippen molar-refractivity contribution in [3.8, 4) is 0 Å². The van der Waals surface area contributed by atoms with Gasteiger partial charge in [-0.05, 0) is 24.3 Å². The smallest absolute Gasteiger partial charge is 0.150 e. The van der Waals surface area contributed by atoms with E-state index < -0.39 is 5.67 Å². The molecule has 17 heavy (non-hydrogen) atoms. The summed E-state index contributed by atoms with van der Waals surface area (Å²) >= 11 is 0. The van der Waals surface area contributed by atoms with E-state index in [4.69, 9.17) is 5.73 Å². The molecule has 0 heterocycles. The second kappa shape index (κ2) is 5.63. The molecule has 1 aromatic carbocycles. The number of hydrogen-bond donors (Lipinski definition) is 1. The molecule has 1 atom stereocenters. The first-order valence-electron chi connectivity index (χ1n) is 6.72. The van der Waals surface area contributed by atoms with Crippen molar-refractivity contribution in [1.29, 1.82) is 0 Å². The maximum atomic E-state index is 15.2. The Bertz CT molecular complexity index is 330. The predicted molar refractivity (Wildman–Crippen MR) is 69.5 cm³/mol. The van der Waals surface area contributed by atoms with Crippen LogP contribution in [0, 0.1) is 5.92 Å². The molecular weight excluding hydrogens is 213 g/mol. The molecule has 0 saturated heterocycles. The van der Waals surface area contributed by atoms with Crippen molar-refractivity contribution in [3.63, 3.8) is 0 Å². The molecule has 0 aromatic heterocycles. The van der Waals surface area contributed by atoms with Crippen molar-refractivity contribution in [2.45, 2.75) is 44.2 Å². The number of halogens is 1. The molecule has 94 valence electrons. The van der Waals surface area contributed by atoms with Crippen LogP contribution >= 0.6 is 0 Å². The Morgan fingerprint density at radius 3 is 2.18 bits per heavy atom. The summed E-state index contributed by atoms with van der Waals surface area (Å²) < 4.78 is 15.2. The normalized spacial score (nSPS) is 21.8. The highest BCUT2D eigenvalue weighted by molar-refractivity contribution is 5.24. The number of benzene rings is 1. The Hall–Kier alpha value is -0.890. The van der Waals surface area contributed by atoms with Crippen LogP contribution in [-0.4, -0.2) is 6.54 Å². The Morgan fingerprint density at radius 2 is 1.65 bits per heavy atom. The maximum Gasteiger partial charge on any atom is 0.150 e. The van der Waals surface area contributed by atoms with Gasteiger partial charge in [0.1, 0.15) is 0 Å². The second-order valence-corrected chi connectivity index (χ2v) is 5.12. The Balaban J connectivity index is 2.23. The summed E-state index contributed by atoms with van der Waals surface area (Å²) in [6.45, 7) is 0.0989. The first-order chi connectivity index (χ1) is 8.27. The number of nitrogens with two attached hydrogens (primary N) is 1. The van der Waals surface area contributed by atoms with Gasteiger partial charge in [0.05, 0.1) is 0 Å². The van der Waals surface area contributed by atoms with Gasteiger partial charge in [0.25, 0.3) is 0 Å². The lowest BCUT2D eigenvalue weighted by atomic mass is 9.78. The van der Waals surface area contributed by atoms with Crippen molar-refractivity contribution in [1.82, 2.24) is 0 Å². The first-order valence-corrected chi connectivity index (χ1v) is 6.72. The lowest BCUT2D eigenvalue weighted by molar-refractivity contribution is 0.0766. The zero-order valence-electron chi connectivity index (χ0n) is 10.4. The summed E-state index contributed by atoms with van der Waals surface area (Å²) in [5, 5.41) is 0. The largest absolute Gasteiger partial charge is 0.327 e. The molecule has 1 unspecified atom stereocenters. The highest BCUT2D eigenvalue weighted by atomic mass is 19.1. The van der Waals surface area contributed by atoms with Crippen LogP contribution in [-0.2, 0) is 5.67 Å². The minimum Gasteiger partial charge on any atom is -0.327 e. The number of rotatable bonds is 3. The van der Waals surface area contributed by atoms with E-state index in [1.165, 1.54) is 12.8 Å². The summed E-state index contributed by atoms with van der Waals surface area (Å²) in [6, 6.07) is 9.47. The van der Waals surface area contributed by atoms with E-state index in [1.54, 1.807) is 0 Å². The van der Waals surface area contributed by atoms with Crippen LogP contribution in [0.1, 0.15) is 44.1 Å². The van der Waals surface area contributed by atoms with E-state index in [1.807, 2.05) is 30.3 Å². The molecule has 0 aliphatic heterocycles. The lowest BCUT2D eigenvalue weighted by Gasteiger charge is -2.32. The van der Waals surface area contributed by atoms with Gasteiger partial charge in [0.2, 0.25) is 0 Å². The fraction of sp³-hybridized carbons (Fsp3) is 0.600. The topological polar surface area (TPSA) is 26.0 Å². The van der Waals surface area contributed by atoms with E-state index in [9.17, 15) is 0 Å². The van der Waals surface area contributed by atoms with Crippen LogP contribution in [0.3, 0.4) is 0 Å². The van der Waals surface area contributed by atoms with Crippen LogP contribution in [0.25, 0.3) is 0 Å². The van der Waals surface area contributed by atoms with Gasteiger partial charge in [-0.3, -0.25) is 0 Å². The monoisotopic (exact) mass is 235 g/mol. The molecule has 1 nitrogen and oxygen atoms in total. The third-order valence-corrected chi connectivity index (χ3v) is 4.05. The SMILES string of the molecule is NCC(F)(c1ccccc1)C1CCCCCC1. The van der Waals surface area contributed by atoms with Crippen molar-refractivity contribution in [2.75, 3.05) is 6.54 Å². The van der Waals surface area contributed by atoms with Gasteiger partial charge in [-0.15, -0.1) is 0 Å². The standard InChI is InChI=1S/C15H22FN/c16-15(12-17,14-10-6-3-7-11-14)13-8-4-1-2-5-9-13/h3,6-7,10-11,13H,1-2,4-5,8-9,12,17H2. The number of alkyl halides is 1. The van der Waals surface area contributed by atoms with Crippen LogP contribution in [0.2, 0.25) is 0 Å². The molecule has 1 aliphatic rings. The summed E-state index contributed by atoms with van der Waals surface area (Å²) in [6.07, 6.45) is 6.72. The zero-order chi connectivity index (χ0) is 12.1. The molecule has 2 N–H and O–H groups in total. The zero-order valence-corrected chi connectivity index (χ0v) is 10.4. The molecule has 0 amide bonds. The molecule has 0 radical (unpaired) electrons. The van der Waals surface area contributed by atoms with Gasteiger partial charge < -0.3 is 5.73 Å². The lowest BCUT2D eigenvalue weighted by Crippen LogP contribution is -2.38. The first kappa shape index (κ1) is 12.6. The molecule has 2 heteroatoms. The van der Waals surface area contributed by atoms with Gasteiger partial charge in [-0.2, -0.15) is 0 Å². The Labute approximate surface area is 103 Å². The van der Waals surface area contributed by atoms with E-state index in [0.717, 1.165) is 31.2 Å². The van der Waals surface area contributed by atoms with Crippen LogP contribution in [0.15, 0.2) is 30.3 Å². The third kappa shape index (κ3) is 2.68. The quantitative estimate of drug-likeness (QED) is 0.793. The Morgan fingerprint density at radius 1 is 1.06 bits per heavy atom. The average molecular weight is 235 g/mol. The highest BCUT2D eigenvalue weighted by Crippen LogP contribution is 2.40. The maximum absolute atomic E-state index is 15.2. The van der Waals surface area contributed by atoms with E-state index in [0.29, 0.717) is 0 Å². The van der Waals surface area contributed by atoms with Crippen molar-refractivity contribution >= 4 is 0 Å². The highest BCUT2D eigenvalue weighted by Gasteiger charge is 2.39. The fourth-order valence-corrected chi connectivity index (χ4v) is 2.97. The average Bonchev–Trinajstić information content (AvgIpc) is 2.68. The van der Waals surface area contributed by atoms with Gasteiger partial charge in [-0.25, -0.2) is 4.39 Å². The third-order valence-electron chi connectivity index (χ3n) is 4.05. The molecule has 1 saturated carbocycles. The van der Waals surface area contributed by atoms with Crippen LogP contribution in [0.4, 0.5) is 4.39 Å². The Kier molecular flexibility index (Phi) is 4.16. The van der Waals surface area contributed by atoms with E-state index in [2.05, 4.69) is 0 Å². The van der Waals surface area contributed by atoms with Gasteiger partial charge in [0, 0.05) is 6.54 Å². The number of hydrogen-bond acceptors (Lipinski definition) is 1. The molecule has 0 bridgehead atoms. The van der Waals surface area contributed by atoms with Gasteiger partial charge in [-0.1, -0.05) is 56.0 Å². The molecule has 1 fully saturated rings. The minimum atomic E-state index is -1.33. The summed E-state index contributed by atoms with van der Waals surface area (Å²) in [5.41, 5.74) is 5.18.